The fourth-order valence-corrected chi connectivity index (χ4v) is 4.05. The van der Waals surface area contributed by atoms with Crippen molar-refractivity contribution in [1.82, 2.24) is 15.2 Å². The van der Waals surface area contributed by atoms with Crippen LogP contribution in [-0.2, 0) is 14.3 Å². The van der Waals surface area contributed by atoms with E-state index in [4.69, 9.17) is 9.47 Å². The van der Waals surface area contributed by atoms with Gasteiger partial charge in [-0.1, -0.05) is 0 Å². The zero-order chi connectivity index (χ0) is 17.9. The Bertz CT molecular complexity index is 647. The fourth-order valence-electron chi connectivity index (χ4n) is 4.05. The molecule has 1 N–H and O–H groups in total. The molecule has 0 aliphatic carbocycles. The van der Waals surface area contributed by atoms with Crippen LogP contribution >= 0.6 is 0 Å². The van der Waals surface area contributed by atoms with Crippen molar-refractivity contribution in [2.45, 2.75) is 43.9 Å². The Morgan fingerprint density at radius 3 is 2.81 bits per heavy atom. The number of ether oxygens (including phenoxy) is 2. The van der Waals surface area contributed by atoms with E-state index >= 15 is 0 Å². The van der Waals surface area contributed by atoms with Crippen LogP contribution in [0.25, 0.3) is 0 Å². The fraction of sp³-hybridized carbons (Fsp3) is 0.632. The molecule has 26 heavy (non-hydrogen) atoms. The largest absolute Gasteiger partial charge is 0.381 e. The number of carbonyl (C=O) groups is 2. The highest BCUT2D eigenvalue weighted by Gasteiger charge is 2.47. The van der Waals surface area contributed by atoms with E-state index in [0.717, 1.165) is 25.7 Å². The second-order valence-electron chi connectivity index (χ2n) is 7.27. The number of fused-ring (bicyclic) bond motifs is 1. The van der Waals surface area contributed by atoms with Gasteiger partial charge in [0.15, 0.2) is 0 Å². The van der Waals surface area contributed by atoms with Gasteiger partial charge in [-0.05, 0) is 37.8 Å². The van der Waals surface area contributed by atoms with Gasteiger partial charge in [0.2, 0.25) is 5.91 Å². The first kappa shape index (κ1) is 17.4. The molecule has 140 valence electrons. The Balaban J connectivity index is 1.23. The third-order valence-corrected chi connectivity index (χ3v) is 5.63. The summed E-state index contributed by atoms with van der Waals surface area (Å²) in [4.78, 5) is 30.7. The van der Waals surface area contributed by atoms with Crippen LogP contribution in [0.1, 0.15) is 36.0 Å². The Labute approximate surface area is 153 Å². The van der Waals surface area contributed by atoms with Crippen molar-refractivity contribution in [3.05, 3.63) is 30.1 Å². The Hall–Kier alpha value is -1.99. The highest BCUT2D eigenvalue weighted by molar-refractivity contribution is 5.93. The summed E-state index contributed by atoms with van der Waals surface area (Å²) >= 11 is 0. The number of hydrogen-bond acceptors (Lipinski definition) is 5. The second kappa shape index (κ2) is 7.72. The van der Waals surface area contributed by atoms with Crippen molar-refractivity contribution < 1.29 is 19.1 Å². The molecule has 7 nitrogen and oxygen atoms in total. The number of amides is 2. The predicted octanol–water partition coefficient (Wildman–Crippen LogP) is 0.996. The molecule has 4 heterocycles. The minimum Gasteiger partial charge on any atom is -0.381 e. The van der Waals surface area contributed by atoms with Gasteiger partial charge in [0.25, 0.3) is 5.91 Å². The predicted molar refractivity (Wildman–Crippen MR) is 93.5 cm³/mol. The maximum atomic E-state index is 12.6. The van der Waals surface area contributed by atoms with Crippen molar-refractivity contribution in [3.63, 3.8) is 0 Å². The summed E-state index contributed by atoms with van der Waals surface area (Å²) in [5.74, 6) is 0.247. The minimum absolute atomic E-state index is 0.0113. The van der Waals surface area contributed by atoms with E-state index in [1.165, 1.54) is 0 Å². The maximum Gasteiger partial charge on any atom is 0.252 e. The van der Waals surface area contributed by atoms with Crippen LogP contribution in [0.4, 0.5) is 0 Å². The van der Waals surface area contributed by atoms with Gasteiger partial charge in [0.1, 0.15) is 0 Å². The van der Waals surface area contributed by atoms with Crippen LogP contribution in [0.2, 0.25) is 0 Å². The summed E-state index contributed by atoms with van der Waals surface area (Å²) in [5.41, 5.74) is 0.554. The molecule has 0 aromatic carbocycles. The van der Waals surface area contributed by atoms with E-state index in [1.807, 2.05) is 4.90 Å². The number of nitrogens with zero attached hydrogens (tertiary/aromatic N) is 2. The van der Waals surface area contributed by atoms with E-state index < -0.39 is 0 Å². The minimum atomic E-state index is -0.131. The van der Waals surface area contributed by atoms with Crippen molar-refractivity contribution in [1.29, 1.82) is 0 Å². The first-order valence-corrected chi connectivity index (χ1v) is 9.44. The van der Waals surface area contributed by atoms with Gasteiger partial charge >= 0.3 is 0 Å². The lowest BCUT2D eigenvalue weighted by atomic mass is 9.87. The summed E-state index contributed by atoms with van der Waals surface area (Å²) in [5, 5.41) is 2.92. The SMILES string of the molecule is O=C(NC[C@H]1CC[C@@H]2[C@@H](CN2C(=O)C2CCOCC2)O1)c1cccnc1. The third kappa shape index (κ3) is 3.59. The molecule has 3 aliphatic rings. The molecule has 1 aromatic rings. The highest BCUT2D eigenvalue weighted by Crippen LogP contribution is 2.34. The molecule has 0 saturated carbocycles. The third-order valence-electron chi connectivity index (χ3n) is 5.63. The van der Waals surface area contributed by atoms with E-state index in [2.05, 4.69) is 10.3 Å². The van der Waals surface area contributed by atoms with E-state index in [1.54, 1.807) is 24.5 Å². The zero-order valence-corrected chi connectivity index (χ0v) is 14.8. The Kier molecular flexibility index (Phi) is 5.17. The van der Waals surface area contributed by atoms with Gasteiger partial charge in [-0.25, -0.2) is 0 Å². The van der Waals surface area contributed by atoms with E-state index in [9.17, 15) is 9.59 Å². The lowest BCUT2D eigenvalue weighted by Gasteiger charge is -2.53. The Morgan fingerprint density at radius 2 is 2.08 bits per heavy atom. The second-order valence-corrected chi connectivity index (χ2v) is 7.27. The summed E-state index contributed by atoms with van der Waals surface area (Å²) in [6.45, 7) is 2.54. The lowest BCUT2D eigenvalue weighted by molar-refractivity contribution is -0.186. The average molecular weight is 359 g/mol. The monoisotopic (exact) mass is 359 g/mol. The molecule has 0 radical (unpaired) electrons. The van der Waals surface area contributed by atoms with Crippen LogP contribution in [0.3, 0.4) is 0 Å². The molecule has 3 saturated heterocycles. The molecule has 3 aliphatic heterocycles. The molecule has 4 rings (SSSR count). The zero-order valence-electron chi connectivity index (χ0n) is 14.8. The molecular weight excluding hydrogens is 334 g/mol. The van der Waals surface area contributed by atoms with Crippen LogP contribution < -0.4 is 5.32 Å². The number of nitrogens with one attached hydrogen (secondary N) is 1. The number of carbonyl (C=O) groups excluding carboxylic acids is 2. The van der Waals surface area contributed by atoms with Gasteiger partial charge < -0.3 is 19.7 Å². The highest BCUT2D eigenvalue weighted by atomic mass is 16.5. The number of hydrogen-bond donors (Lipinski definition) is 1. The smallest absolute Gasteiger partial charge is 0.252 e. The summed E-state index contributed by atoms with van der Waals surface area (Å²) in [7, 11) is 0. The first-order chi connectivity index (χ1) is 12.7. The number of rotatable bonds is 4. The van der Waals surface area contributed by atoms with Crippen LogP contribution in [0.15, 0.2) is 24.5 Å². The molecule has 2 amide bonds. The van der Waals surface area contributed by atoms with E-state index in [-0.39, 0.29) is 36.0 Å². The van der Waals surface area contributed by atoms with Crippen LogP contribution in [0.5, 0.6) is 0 Å². The quantitative estimate of drug-likeness (QED) is 0.867. The first-order valence-electron chi connectivity index (χ1n) is 9.44. The average Bonchev–Trinajstić information content (AvgIpc) is 2.68. The maximum absolute atomic E-state index is 12.6. The standard InChI is InChI=1S/C19H25N3O4/c23-18(14-2-1-7-20-10-14)21-11-15-3-4-16-17(26-15)12-22(16)19(24)13-5-8-25-9-6-13/h1-2,7,10,13,15-17H,3-6,8-9,11-12H2,(H,21,23)/t15-,16-,17-/m1/s1. The van der Waals surface area contributed by atoms with Gasteiger partial charge in [0, 0.05) is 44.6 Å². The van der Waals surface area contributed by atoms with Crippen LogP contribution in [-0.4, -0.2) is 66.3 Å². The molecule has 0 unspecified atom stereocenters. The topological polar surface area (TPSA) is 80.8 Å². The summed E-state index contributed by atoms with van der Waals surface area (Å²) in [6.07, 6.45) is 6.76. The molecule has 0 spiro atoms. The van der Waals surface area contributed by atoms with Gasteiger partial charge in [0.05, 0.1) is 23.8 Å². The molecule has 3 atom stereocenters. The number of aromatic nitrogens is 1. The van der Waals surface area contributed by atoms with Crippen molar-refractivity contribution in [3.8, 4) is 0 Å². The molecule has 3 fully saturated rings. The van der Waals surface area contributed by atoms with Gasteiger partial charge in [-0.3, -0.25) is 14.6 Å². The van der Waals surface area contributed by atoms with E-state index in [0.29, 0.717) is 31.9 Å². The normalized spacial score (nSPS) is 28.8. The van der Waals surface area contributed by atoms with Gasteiger partial charge in [-0.15, -0.1) is 0 Å². The molecule has 0 bridgehead atoms. The molecule has 7 heteroatoms. The van der Waals surface area contributed by atoms with Crippen LogP contribution in [0, 0.1) is 5.92 Å². The number of pyridine rings is 1. The van der Waals surface area contributed by atoms with Gasteiger partial charge in [-0.2, -0.15) is 0 Å². The summed E-state index contributed by atoms with van der Waals surface area (Å²) < 4.78 is 11.4. The van der Waals surface area contributed by atoms with Crippen molar-refractivity contribution in [2.24, 2.45) is 5.92 Å². The summed E-state index contributed by atoms with van der Waals surface area (Å²) in [6, 6.07) is 3.69. The lowest BCUT2D eigenvalue weighted by Crippen LogP contribution is -2.67. The Morgan fingerprint density at radius 1 is 1.23 bits per heavy atom. The number of likely N-dealkylation sites (tertiary alicyclic amines) is 1. The van der Waals surface area contributed by atoms with Crippen molar-refractivity contribution >= 4 is 11.8 Å². The van der Waals surface area contributed by atoms with Crippen molar-refractivity contribution in [2.75, 3.05) is 26.3 Å². The molecular formula is C19H25N3O4. The molecule has 1 aromatic heterocycles.